The summed E-state index contributed by atoms with van der Waals surface area (Å²) in [5.74, 6) is -0.139. The number of rotatable bonds is 12. The Bertz CT molecular complexity index is 2860. The molecule has 2 saturated heterocycles. The first-order chi connectivity index (χ1) is 32.8. The number of carbonyl (C=O) groups excluding carboxylic acids is 4. The summed E-state index contributed by atoms with van der Waals surface area (Å²) >= 11 is 1.57. The summed E-state index contributed by atoms with van der Waals surface area (Å²) in [5, 5.41) is 7.36. The summed E-state index contributed by atoms with van der Waals surface area (Å²) in [6.45, 7) is 10.2. The van der Waals surface area contributed by atoms with Crippen molar-refractivity contribution in [3.63, 3.8) is 0 Å². The number of halogens is 1. The minimum atomic E-state index is -0.743. The zero-order valence-corrected chi connectivity index (χ0v) is 40.2. The zero-order valence-electron chi connectivity index (χ0n) is 39.4. The van der Waals surface area contributed by atoms with Gasteiger partial charge in [-0.15, -0.1) is 11.3 Å². The Hall–Kier alpha value is -6.36. The van der Waals surface area contributed by atoms with Crippen LogP contribution in [0.4, 0.5) is 14.0 Å². The molecule has 2 unspecified atom stereocenters. The van der Waals surface area contributed by atoms with Gasteiger partial charge in [-0.25, -0.2) is 19.0 Å². The molecule has 4 aromatic rings. The Labute approximate surface area is 398 Å². The van der Waals surface area contributed by atoms with Gasteiger partial charge in [0, 0.05) is 60.8 Å². The van der Waals surface area contributed by atoms with E-state index in [1.54, 1.807) is 28.5 Å². The third-order valence-corrected chi connectivity index (χ3v) is 15.6. The number of fused-ring (bicyclic) bond motifs is 6. The number of thiazole rings is 1. The lowest BCUT2D eigenvalue weighted by atomic mass is 9.95. The van der Waals surface area contributed by atoms with E-state index in [0.717, 1.165) is 81.0 Å². The molecule has 68 heavy (non-hydrogen) atoms. The minimum absolute atomic E-state index is 0.102. The smallest absolute Gasteiger partial charge is 0.407 e. The van der Waals surface area contributed by atoms with Crippen LogP contribution in [0, 0.1) is 23.6 Å². The number of alkyl carbamates (subject to hydrolysis) is 2. The van der Waals surface area contributed by atoms with Crippen molar-refractivity contribution in [2.75, 3.05) is 20.8 Å². The minimum Gasteiger partial charge on any atom is -0.464 e. The Morgan fingerprint density at radius 2 is 1.54 bits per heavy atom. The lowest BCUT2D eigenvalue weighted by Gasteiger charge is -2.33. The fourth-order valence-corrected chi connectivity index (χ4v) is 11.7. The molecule has 0 radical (unpaired) electrons. The molecule has 356 valence electrons. The molecule has 5 aliphatic heterocycles. The number of aromatic nitrogens is 2. The van der Waals surface area contributed by atoms with Crippen LogP contribution in [-0.2, 0) is 25.5 Å². The highest BCUT2D eigenvalue weighted by Crippen LogP contribution is 2.51. The lowest BCUT2D eigenvalue weighted by molar-refractivity contribution is -0.135. The van der Waals surface area contributed by atoms with E-state index >= 15 is 4.39 Å². The van der Waals surface area contributed by atoms with Crippen LogP contribution in [0.15, 0.2) is 65.0 Å². The maximum absolute atomic E-state index is 16.9. The molecule has 0 spiro atoms. The summed E-state index contributed by atoms with van der Waals surface area (Å²) in [5.41, 5.74) is 7.18. The maximum atomic E-state index is 16.9. The average molecular weight is 945 g/mol. The highest BCUT2D eigenvalue weighted by atomic mass is 32.1. The van der Waals surface area contributed by atoms with Crippen molar-refractivity contribution in [2.45, 2.75) is 116 Å². The number of methoxy groups -OCH3 is 2. The van der Waals surface area contributed by atoms with Gasteiger partial charge in [0.1, 0.15) is 23.7 Å². The molecule has 0 bridgehead atoms. The molecule has 1 saturated carbocycles. The number of nitrogens with zero attached hydrogens (tertiary/aromatic N) is 6. The Morgan fingerprint density at radius 3 is 2.21 bits per heavy atom. The van der Waals surface area contributed by atoms with E-state index in [-0.39, 0.29) is 41.8 Å². The lowest BCUT2D eigenvalue weighted by Crippen LogP contribution is -2.54. The molecule has 17 heteroatoms. The second-order valence-corrected chi connectivity index (χ2v) is 20.5. The molecular formula is C51H57FN8O7S. The van der Waals surface area contributed by atoms with Crippen LogP contribution < -0.4 is 15.4 Å². The highest BCUT2D eigenvalue weighted by molar-refractivity contribution is 7.11. The summed E-state index contributed by atoms with van der Waals surface area (Å²) < 4.78 is 35.5. The van der Waals surface area contributed by atoms with Crippen molar-refractivity contribution in [3.05, 3.63) is 81.8 Å². The largest absolute Gasteiger partial charge is 0.464 e. The number of piperidine rings is 1. The number of ether oxygens (including phenoxy) is 3. The van der Waals surface area contributed by atoms with Gasteiger partial charge in [0.05, 0.1) is 53.0 Å². The molecule has 7 heterocycles. The van der Waals surface area contributed by atoms with Crippen LogP contribution in [0.2, 0.25) is 0 Å². The quantitative estimate of drug-likeness (QED) is 0.143. The van der Waals surface area contributed by atoms with Crippen LogP contribution in [0.1, 0.15) is 100 Å². The van der Waals surface area contributed by atoms with Crippen LogP contribution >= 0.6 is 11.3 Å². The monoisotopic (exact) mass is 944 g/mol. The average Bonchev–Trinajstić information content (AvgIpc) is 4.09. The van der Waals surface area contributed by atoms with Crippen LogP contribution in [-0.4, -0.2) is 106 Å². The van der Waals surface area contributed by atoms with Crippen LogP contribution in [0.25, 0.3) is 33.3 Å². The van der Waals surface area contributed by atoms with Crippen molar-refractivity contribution in [3.8, 4) is 17.0 Å². The number of allylic oxidation sites excluding steroid dienone is 2. The molecule has 1 aliphatic carbocycles. The van der Waals surface area contributed by atoms with E-state index < -0.39 is 36.3 Å². The number of hydrogen-bond donors (Lipinski definition) is 2. The van der Waals surface area contributed by atoms with E-state index in [2.05, 4.69) is 45.3 Å². The van der Waals surface area contributed by atoms with Gasteiger partial charge in [-0.3, -0.25) is 24.1 Å². The van der Waals surface area contributed by atoms with Gasteiger partial charge < -0.3 is 34.6 Å². The number of amides is 4. The number of likely N-dealkylation sites (tertiary alicyclic amines) is 2. The van der Waals surface area contributed by atoms with Crippen LogP contribution in [0.3, 0.4) is 0 Å². The van der Waals surface area contributed by atoms with Gasteiger partial charge in [0.2, 0.25) is 18.0 Å². The highest BCUT2D eigenvalue weighted by Gasteiger charge is 2.56. The Balaban J connectivity index is 0.910. The van der Waals surface area contributed by atoms with Gasteiger partial charge in [-0.1, -0.05) is 40.7 Å². The molecule has 3 fully saturated rings. The Morgan fingerprint density at radius 1 is 0.868 bits per heavy atom. The molecule has 2 aromatic heterocycles. The third-order valence-electron chi connectivity index (χ3n) is 14.4. The van der Waals surface area contributed by atoms with E-state index in [4.69, 9.17) is 24.2 Å². The number of hydrogen-bond acceptors (Lipinski definition) is 11. The number of benzene rings is 2. The molecule has 2 N–H and O–H groups in total. The first-order valence-corrected chi connectivity index (χ1v) is 24.5. The fraction of sp³-hybridized carbons (Fsp3) is 0.471. The molecule has 6 aliphatic rings. The molecule has 10 rings (SSSR count). The molecule has 4 amide bonds. The number of nitrogens with one attached hydrogen (secondary N) is 2. The number of aliphatic imine (C=N–C) groups is 2. The van der Waals surface area contributed by atoms with Gasteiger partial charge in [-0.2, -0.15) is 0 Å². The SMILES string of the molecule is CCc1ncc(C2Oc3cc(C4=CN=C([C@@H]5CCCN5C(=O)[C@@H](NC(=O)OC)C(C)C)C4)cc(F)c3-c3cc4cc(C5=CN=C([C@@H]6CC7C[C@H]7N6C(=O)[C@@H](NC(=O)OC)C(C)C)C5)ccc4n32)s1. The van der Waals surface area contributed by atoms with E-state index in [9.17, 15) is 19.2 Å². The van der Waals surface area contributed by atoms with Crippen molar-refractivity contribution in [1.29, 1.82) is 0 Å². The predicted octanol–water partition coefficient (Wildman–Crippen LogP) is 8.52. The van der Waals surface area contributed by atoms with Gasteiger partial charge >= 0.3 is 12.2 Å². The van der Waals surface area contributed by atoms with Crippen molar-refractivity contribution < 1.29 is 37.8 Å². The zero-order chi connectivity index (χ0) is 47.7. The van der Waals surface area contributed by atoms with Gasteiger partial charge in [0.15, 0.2) is 0 Å². The molecule has 7 atom stereocenters. The van der Waals surface area contributed by atoms with E-state index in [1.165, 1.54) is 14.2 Å². The normalized spacial score (nSPS) is 23.3. The van der Waals surface area contributed by atoms with Crippen molar-refractivity contribution in [1.82, 2.24) is 30.0 Å². The number of aryl methyl sites for hydroxylation is 1. The predicted molar refractivity (Wildman–Crippen MR) is 258 cm³/mol. The Kier molecular flexibility index (Phi) is 12.0. The second kappa shape index (κ2) is 17.9. The number of carbonyl (C=O) groups is 4. The standard InChI is InChI=1S/C51H57FN8O7S/c1-8-43-55-24-42(68-43)49-60-36-12-11-27(31-16-35(54-22-31)39-19-30-18-38(30)59(39)48(62)46(26(4)5)57-51(64)66-7)14-29(36)20-40(60)44-33(52)15-28(21-41(44)67-49)32-17-34(53-23-32)37-10-9-13-58(37)47(61)45(25(2)3)56-50(63)65-6/h11-12,14-15,20-26,30,37-39,45-46,49H,8-10,13,16-19H2,1-7H3,(H,56,63)(H,57,64)/t30?,37-,38+,39-,45-,46-,49?/m0/s1. The van der Waals surface area contributed by atoms with Crippen molar-refractivity contribution in [2.24, 2.45) is 27.7 Å². The molecule has 15 nitrogen and oxygen atoms in total. The summed E-state index contributed by atoms with van der Waals surface area (Å²) in [6, 6.07) is 10.0. The van der Waals surface area contributed by atoms with Gasteiger partial charge in [0.25, 0.3) is 0 Å². The summed E-state index contributed by atoms with van der Waals surface area (Å²) in [4.78, 5) is 71.3. The van der Waals surface area contributed by atoms with E-state index in [1.807, 2.05) is 57.1 Å². The summed E-state index contributed by atoms with van der Waals surface area (Å²) in [6.07, 6.45) is 8.76. The topological polar surface area (TPSA) is 169 Å². The van der Waals surface area contributed by atoms with Crippen molar-refractivity contribution >= 4 is 68.8 Å². The second-order valence-electron chi connectivity index (χ2n) is 19.4. The van der Waals surface area contributed by atoms with Gasteiger partial charge in [-0.05, 0) is 102 Å². The molecule has 2 aromatic carbocycles. The third kappa shape index (κ3) is 8.05. The first kappa shape index (κ1) is 45.4. The first-order valence-electron chi connectivity index (χ1n) is 23.7. The summed E-state index contributed by atoms with van der Waals surface area (Å²) in [7, 11) is 2.58. The van der Waals surface area contributed by atoms with E-state index in [0.29, 0.717) is 47.9 Å². The molecular weight excluding hydrogens is 888 g/mol. The fourth-order valence-electron chi connectivity index (χ4n) is 10.8. The van der Waals surface area contributed by atoms with Crippen LogP contribution in [0.5, 0.6) is 5.75 Å². The maximum Gasteiger partial charge on any atom is 0.407 e.